The topological polar surface area (TPSA) is 141 Å². The van der Waals surface area contributed by atoms with Crippen LogP contribution in [0.1, 0.15) is 123 Å². The number of Topliss-reactive ketones (excluding diaryl/α,β-unsaturated/α-hetero) is 1. The van der Waals surface area contributed by atoms with Crippen LogP contribution in [0.2, 0.25) is 18.1 Å². The van der Waals surface area contributed by atoms with E-state index in [1.807, 2.05) is 45.9 Å². The highest BCUT2D eigenvalue weighted by Gasteiger charge is 2.50. The highest BCUT2D eigenvalue weighted by molar-refractivity contribution is 7.18. The second-order valence-electron chi connectivity index (χ2n) is 18.4. The number of unbranched alkanes of at least 4 members (excludes halogenated alkanes) is 2. The molecule has 0 saturated heterocycles. The minimum atomic E-state index is -2.55. The average molecular weight is 850 g/mol. The summed E-state index contributed by atoms with van der Waals surface area (Å²) in [6.45, 7) is 25.0. The fourth-order valence-electron chi connectivity index (χ4n) is 7.50. The molecule has 0 spiro atoms. The number of ether oxygens (including phenoxy) is 2. The summed E-state index contributed by atoms with van der Waals surface area (Å²) in [5.41, 5.74) is 1.70. The van der Waals surface area contributed by atoms with Crippen molar-refractivity contribution >= 4 is 59.5 Å². The summed E-state index contributed by atoms with van der Waals surface area (Å²) in [5.74, 6) is -2.16. The van der Waals surface area contributed by atoms with E-state index in [9.17, 15) is 19.2 Å². The average Bonchev–Trinajstić information content (AvgIpc) is 3.69. The molecule has 0 aliphatic carbocycles. The lowest BCUT2D eigenvalue weighted by Crippen LogP contribution is -2.53. The first-order chi connectivity index (χ1) is 27.6. The van der Waals surface area contributed by atoms with Crippen LogP contribution in [0.4, 0.5) is 4.79 Å². The molecule has 324 valence electrons. The van der Waals surface area contributed by atoms with Crippen molar-refractivity contribution in [1.29, 1.82) is 0 Å². The molecule has 1 N–H and O–H groups in total. The third kappa shape index (κ3) is 12.8. The number of thiazole rings is 1. The number of ketones is 1. The van der Waals surface area contributed by atoms with Crippen LogP contribution in [0, 0.1) is 24.2 Å². The first kappa shape index (κ1) is 47.7. The molecule has 59 heavy (non-hydrogen) atoms. The Balaban J connectivity index is 1.62. The summed E-state index contributed by atoms with van der Waals surface area (Å²) in [6, 6.07) is 6.05. The third-order valence-corrected chi connectivity index (χ3v) is 17.7. The predicted octanol–water partition coefficient (Wildman–Crippen LogP) is 10.1. The van der Waals surface area contributed by atoms with Gasteiger partial charge in [-0.05, 0) is 101 Å². The molecule has 4 rings (SSSR count). The summed E-state index contributed by atoms with van der Waals surface area (Å²) < 4.78 is 20.7. The Bertz CT molecular complexity index is 1890. The molecule has 3 amide bonds. The van der Waals surface area contributed by atoms with E-state index in [1.54, 1.807) is 17.4 Å². The van der Waals surface area contributed by atoms with Gasteiger partial charge in [-0.2, -0.15) is 0 Å². The summed E-state index contributed by atoms with van der Waals surface area (Å²) in [6.07, 6.45) is 8.44. The van der Waals surface area contributed by atoms with Crippen LogP contribution < -0.4 is 5.32 Å². The Morgan fingerprint density at radius 3 is 2.46 bits per heavy atom. The molecule has 0 fully saturated rings. The number of imide groups is 1. The molecule has 3 heterocycles. The monoisotopic (exact) mass is 849 g/mol. The Kier molecular flexibility index (Phi) is 16.6. The molecular formula is C46H67N3O8SSi. The van der Waals surface area contributed by atoms with Gasteiger partial charge >= 0.3 is 12.1 Å². The molecule has 2 aliphatic rings. The fourth-order valence-corrected chi connectivity index (χ4v) is 9.75. The maximum Gasteiger partial charge on any atom is 0.407 e. The second kappa shape index (κ2) is 20.5. The van der Waals surface area contributed by atoms with Crippen molar-refractivity contribution < 1.29 is 37.9 Å². The van der Waals surface area contributed by atoms with Gasteiger partial charge in [0.25, 0.3) is 11.8 Å². The van der Waals surface area contributed by atoms with Crippen LogP contribution in [-0.2, 0) is 33.1 Å². The van der Waals surface area contributed by atoms with Gasteiger partial charge < -0.3 is 19.2 Å². The van der Waals surface area contributed by atoms with Crippen LogP contribution in [-0.4, -0.2) is 73.2 Å². The highest BCUT2D eigenvalue weighted by Crippen LogP contribution is 2.43. The molecule has 1 aromatic carbocycles. The molecule has 2 aliphatic heterocycles. The van der Waals surface area contributed by atoms with E-state index in [4.69, 9.17) is 18.9 Å². The van der Waals surface area contributed by atoms with Gasteiger partial charge in [-0.25, -0.2) is 9.78 Å². The number of benzene rings is 1. The van der Waals surface area contributed by atoms with E-state index in [0.717, 1.165) is 39.2 Å². The van der Waals surface area contributed by atoms with E-state index in [2.05, 4.69) is 58.8 Å². The number of amides is 3. The number of hydrogen-bond donors (Lipinski definition) is 1. The first-order valence-electron chi connectivity index (χ1n) is 21.2. The summed E-state index contributed by atoms with van der Waals surface area (Å²) in [5, 5.41) is 3.62. The number of rotatable bonds is 12. The number of carbonyl (C=O) groups is 5. The van der Waals surface area contributed by atoms with Gasteiger partial charge in [-0.15, -0.1) is 17.9 Å². The van der Waals surface area contributed by atoms with E-state index in [0.29, 0.717) is 45.2 Å². The van der Waals surface area contributed by atoms with Crippen LogP contribution in [0.3, 0.4) is 0 Å². The maximum atomic E-state index is 15.1. The number of esters is 1. The van der Waals surface area contributed by atoms with Crippen LogP contribution in [0.15, 0.2) is 54.7 Å². The number of alkyl carbamates (subject to hydrolysis) is 1. The van der Waals surface area contributed by atoms with E-state index in [-0.39, 0.29) is 41.4 Å². The Morgan fingerprint density at radius 2 is 1.80 bits per heavy atom. The zero-order chi connectivity index (χ0) is 43.7. The molecule has 0 bridgehead atoms. The standard InChI is InChI=1S/C46H67N3O8SSi/c1-12-17-34-42(56-44(54)47-26-14-13-15-27-49-39(50)24-25-40(49)51)31(3)19-16-18-30(2)20-22-36(33-21-23-37-35(28-33)48-32(4)58-37)55-41(52)29-38(46(8,9)43(34)53)57-59(10,11)45(5,6)7/h12,20-21,23-25,28,31,34,36,38,42H,1,13-19,22,26-27,29H2,2-11H3,(H,47,54)/t31-,34+,36-,38-,42-/m0/s1. The van der Waals surface area contributed by atoms with Crippen LogP contribution in [0.25, 0.3) is 10.2 Å². The Morgan fingerprint density at radius 1 is 1.10 bits per heavy atom. The Labute approximate surface area is 356 Å². The quantitative estimate of drug-likeness (QED) is 0.0726. The van der Waals surface area contributed by atoms with E-state index in [1.165, 1.54) is 17.1 Å². The van der Waals surface area contributed by atoms with E-state index < -0.39 is 50.0 Å². The number of aromatic nitrogens is 1. The van der Waals surface area contributed by atoms with Gasteiger partial charge in [-0.3, -0.25) is 24.1 Å². The number of nitrogens with zero attached hydrogens (tertiary/aromatic N) is 2. The fraction of sp³-hybridized carbons (Fsp3) is 0.609. The molecule has 13 heteroatoms. The second-order valence-corrected chi connectivity index (χ2v) is 24.4. The zero-order valence-corrected chi connectivity index (χ0v) is 38.8. The van der Waals surface area contributed by atoms with Crippen molar-refractivity contribution in [3.8, 4) is 0 Å². The first-order valence-corrected chi connectivity index (χ1v) is 24.9. The van der Waals surface area contributed by atoms with Crippen molar-refractivity contribution in [2.24, 2.45) is 17.3 Å². The van der Waals surface area contributed by atoms with Crippen molar-refractivity contribution in [3.05, 3.63) is 65.2 Å². The van der Waals surface area contributed by atoms with Gasteiger partial charge in [0.05, 0.1) is 33.7 Å². The van der Waals surface area contributed by atoms with Gasteiger partial charge in [0.2, 0.25) is 0 Å². The van der Waals surface area contributed by atoms with Crippen molar-refractivity contribution in [1.82, 2.24) is 15.2 Å². The number of aryl methyl sites for hydroxylation is 1. The van der Waals surface area contributed by atoms with Gasteiger partial charge in [0.15, 0.2) is 8.32 Å². The lowest BCUT2D eigenvalue weighted by Gasteiger charge is -2.45. The third-order valence-electron chi connectivity index (χ3n) is 12.3. The lowest BCUT2D eigenvalue weighted by molar-refractivity contribution is -0.155. The largest absolute Gasteiger partial charge is 0.457 e. The maximum absolute atomic E-state index is 15.1. The molecule has 0 saturated carbocycles. The molecule has 5 atom stereocenters. The molecule has 2 aromatic rings. The number of allylic oxidation sites excluding steroid dienone is 2. The molecule has 1 aromatic heterocycles. The number of nitrogens with one attached hydrogen (secondary N) is 1. The van der Waals surface area contributed by atoms with Gasteiger partial charge in [-0.1, -0.05) is 65.3 Å². The number of carbonyl (C=O) groups excluding carboxylic acids is 5. The SMILES string of the molecule is C=CC[C@H]1C(=O)C(C)(C)[C@@H](O[Si](C)(C)C(C)(C)C)CC(=O)O[C@H](c2ccc3sc(C)nc3c2)CC=C(C)CCC[C@H](C)[C@@H]1OC(=O)NCCCCCN1C(=O)C=CC1=O. The lowest BCUT2D eigenvalue weighted by atomic mass is 9.71. The Hall–Kier alpha value is -3.94. The highest BCUT2D eigenvalue weighted by atomic mass is 32.1. The van der Waals surface area contributed by atoms with Crippen LogP contribution in [0.5, 0.6) is 0 Å². The number of hydrogen-bond acceptors (Lipinski definition) is 10. The number of cyclic esters (lactones) is 1. The molecule has 0 unspecified atom stereocenters. The van der Waals surface area contributed by atoms with Crippen LogP contribution >= 0.6 is 11.3 Å². The van der Waals surface area contributed by atoms with E-state index >= 15 is 4.79 Å². The molecule has 0 radical (unpaired) electrons. The summed E-state index contributed by atoms with van der Waals surface area (Å²) >= 11 is 1.63. The summed E-state index contributed by atoms with van der Waals surface area (Å²) in [7, 11) is -2.55. The summed E-state index contributed by atoms with van der Waals surface area (Å²) in [4.78, 5) is 72.5. The van der Waals surface area contributed by atoms with Crippen molar-refractivity contribution in [2.75, 3.05) is 13.1 Å². The zero-order valence-electron chi connectivity index (χ0n) is 37.0. The molecular weight excluding hydrogens is 783 g/mol. The predicted molar refractivity (Wildman–Crippen MR) is 236 cm³/mol. The van der Waals surface area contributed by atoms with Gasteiger partial charge in [0, 0.05) is 37.1 Å². The normalized spacial score (nSPS) is 23.9. The number of fused-ring (bicyclic) bond motifs is 1. The molecule has 11 nitrogen and oxygen atoms in total. The van der Waals surface area contributed by atoms with Crippen molar-refractivity contribution in [3.63, 3.8) is 0 Å². The minimum Gasteiger partial charge on any atom is -0.457 e. The van der Waals surface area contributed by atoms with Crippen molar-refractivity contribution in [2.45, 2.75) is 150 Å². The van der Waals surface area contributed by atoms with Gasteiger partial charge in [0.1, 0.15) is 18.0 Å². The smallest absolute Gasteiger partial charge is 0.407 e. The minimum absolute atomic E-state index is 0.137.